The lowest BCUT2D eigenvalue weighted by atomic mass is 10.0. The molecule has 2 saturated heterocycles. The highest BCUT2D eigenvalue weighted by molar-refractivity contribution is 7.89. The Balaban J connectivity index is 1.47. The van der Waals surface area contributed by atoms with Gasteiger partial charge in [0.05, 0.1) is 16.0 Å². The molecule has 0 aliphatic carbocycles. The molecule has 1 aromatic rings. The van der Waals surface area contributed by atoms with Crippen LogP contribution >= 0.6 is 11.6 Å². The molecule has 2 aliphatic rings. The Kier molecular flexibility index (Phi) is 9.37. The number of nitrogens with zero attached hydrogens (tertiary/aromatic N) is 2. The summed E-state index contributed by atoms with van der Waals surface area (Å²) in [5.41, 5.74) is 5.90. The van der Waals surface area contributed by atoms with Gasteiger partial charge in [-0.2, -0.15) is 4.31 Å². The van der Waals surface area contributed by atoms with E-state index in [1.165, 1.54) is 10.4 Å². The van der Waals surface area contributed by atoms with Crippen molar-refractivity contribution in [2.75, 3.05) is 52.4 Å². The number of carbonyl (C=O) groups excluding carboxylic acids is 1. The molecule has 1 amide bonds. The van der Waals surface area contributed by atoms with Crippen LogP contribution in [0.25, 0.3) is 0 Å². The maximum Gasteiger partial charge on any atom is 0.243 e. The molecule has 0 saturated carbocycles. The molecule has 2 aliphatic heterocycles. The van der Waals surface area contributed by atoms with Crippen molar-refractivity contribution in [3.8, 4) is 5.75 Å². The van der Waals surface area contributed by atoms with Crippen molar-refractivity contribution in [3.05, 3.63) is 23.2 Å². The summed E-state index contributed by atoms with van der Waals surface area (Å²) in [6.45, 7) is 8.82. The third-order valence-corrected chi connectivity index (χ3v) is 8.16. The minimum absolute atomic E-state index is 0.0498. The lowest BCUT2D eigenvalue weighted by molar-refractivity contribution is -0.122. The van der Waals surface area contributed by atoms with E-state index in [1.54, 1.807) is 12.1 Å². The normalized spacial score (nSPS) is 21.3. The van der Waals surface area contributed by atoms with Crippen molar-refractivity contribution in [2.24, 2.45) is 11.7 Å². The van der Waals surface area contributed by atoms with Gasteiger partial charge in [-0.1, -0.05) is 25.4 Å². The Morgan fingerprint density at radius 2 is 2.03 bits per heavy atom. The largest absolute Gasteiger partial charge is 0.487 e. The highest BCUT2D eigenvalue weighted by Crippen LogP contribution is 2.30. The highest BCUT2D eigenvalue weighted by Gasteiger charge is 2.29. The van der Waals surface area contributed by atoms with Gasteiger partial charge in [-0.25, -0.2) is 8.42 Å². The van der Waals surface area contributed by atoms with E-state index in [0.29, 0.717) is 62.4 Å². The van der Waals surface area contributed by atoms with Crippen LogP contribution in [0.15, 0.2) is 23.1 Å². The molecule has 0 aromatic heterocycles. The van der Waals surface area contributed by atoms with Gasteiger partial charge in [-0.3, -0.25) is 9.69 Å². The van der Waals surface area contributed by atoms with E-state index in [4.69, 9.17) is 22.1 Å². The first-order valence-corrected chi connectivity index (χ1v) is 13.4. The van der Waals surface area contributed by atoms with E-state index in [-0.39, 0.29) is 16.9 Å². The molecule has 186 valence electrons. The SMILES string of the molecule is CC(C)C[C@H](N)C(=O)NCCN1CCN(S(=O)(=O)c2ccc(O[C@H]3CCNC3)c(Cl)c2)CC1. The van der Waals surface area contributed by atoms with E-state index in [0.717, 1.165) is 19.5 Å². The van der Waals surface area contributed by atoms with E-state index >= 15 is 0 Å². The van der Waals surface area contributed by atoms with Crippen molar-refractivity contribution in [3.63, 3.8) is 0 Å². The Labute approximate surface area is 202 Å². The molecule has 9 nitrogen and oxygen atoms in total. The monoisotopic (exact) mass is 501 g/mol. The molecule has 33 heavy (non-hydrogen) atoms. The molecule has 1 aromatic carbocycles. The second kappa shape index (κ2) is 11.8. The molecule has 0 radical (unpaired) electrons. The summed E-state index contributed by atoms with van der Waals surface area (Å²) in [4.78, 5) is 14.4. The van der Waals surface area contributed by atoms with Crippen LogP contribution in [0.4, 0.5) is 0 Å². The van der Waals surface area contributed by atoms with Crippen LogP contribution in [0.5, 0.6) is 5.75 Å². The van der Waals surface area contributed by atoms with Gasteiger partial charge < -0.3 is 21.1 Å². The number of amides is 1. The Morgan fingerprint density at radius 3 is 2.64 bits per heavy atom. The maximum absolute atomic E-state index is 13.1. The van der Waals surface area contributed by atoms with E-state index < -0.39 is 16.1 Å². The molecule has 11 heteroatoms. The second-order valence-corrected chi connectivity index (χ2v) is 11.4. The molecule has 3 rings (SSSR count). The Morgan fingerprint density at radius 1 is 1.30 bits per heavy atom. The zero-order chi connectivity index (χ0) is 24.0. The molecule has 0 unspecified atom stereocenters. The predicted molar refractivity (Wildman–Crippen MR) is 129 cm³/mol. The maximum atomic E-state index is 13.1. The second-order valence-electron chi connectivity index (χ2n) is 9.10. The van der Waals surface area contributed by atoms with Crippen molar-refractivity contribution in [1.82, 2.24) is 19.8 Å². The summed E-state index contributed by atoms with van der Waals surface area (Å²) in [5, 5.41) is 6.39. The van der Waals surface area contributed by atoms with E-state index in [1.807, 2.05) is 13.8 Å². The molecule has 4 N–H and O–H groups in total. The number of halogens is 1. The van der Waals surface area contributed by atoms with Crippen LogP contribution in [-0.4, -0.2) is 88.0 Å². The van der Waals surface area contributed by atoms with E-state index in [2.05, 4.69) is 15.5 Å². The van der Waals surface area contributed by atoms with Gasteiger partial charge in [0.25, 0.3) is 0 Å². The zero-order valence-electron chi connectivity index (χ0n) is 19.4. The summed E-state index contributed by atoms with van der Waals surface area (Å²) < 4.78 is 33.5. The van der Waals surface area contributed by atoms with Crippen molar-refractivity contribution in [2.45, 2.75) is 43.7 Å². The van der Waals surface area contributed by atoms with Gasteiger partial charge in [0.15, 0.2) is 0 Å². The minimum Gasteiger partial charge on any atom is -0.487 e. The van der Waals surface area contributed by atoms with Crippen molar-refractivity contribution in [1.29, 1.82) is 0 Å². The van der Waals surface area contributed by atoms with Gasteiger partial charge in [0.1, 0.15) is 11.9 Å². The number of rotatable bonds is 10. The zero-order valence-corrected chi connectivity index (χ0v) is 21.0. The summed E-state index contributed by atoms with van der Waals surface area (Å²) >= 11 is 6.33. The number of nitrogens with one attached hydrogen (secondary N) is 2. The van der Waals surface area contributed by atoms with Gasteiger partial charge >= 0.3 is 0 Å². The van der Waals surface area contributed by atoms with Crippen LogP contribution in [0.3, 0.4) is 0 Å². The van der Waals surface area contributed by atoms with Crippen molar-refractivity contribution < 1.29 is 17.9 Å². The fourth-order valence-electron chi connectivity index (χ4n) is 4.07. The molecular formula is C22H36ClN5O4S. The first-order valence-electron chi connectivity index (χ1n) is 11.6. The van der Waals surface area contributed by atoms with E-state index in [9.17, 15) is 13.2 Å². The topological polar surface area (TPSA) is 117 Å². The number of hydrogen-bond donors (Lipinski definition) is 3. The first-order chi connectivity index (χ1) is 15.7. The van der Waals surface area contributed by atoms with Gasteiger partial charge in [-0.15, -0.1) is 0 Å². The summed E-state index contributed by atoms with van der Waals surface area (Å²) in [6, 6.07) is 4.17. The summed E-state index contributed by atoms with van der Waals surface area (Å²) in [7, 11) is -3.64. The third-order valence-electron chi connectivity index (χ3n) is 5.97. The Hall–Kier alpha value is -1.43. The van der Waals surface area contributed by atoms with Gasteiger partial charge in [-0.05, 0) is 43.5 Å². The lowest BCUT2D eigenvalue weighted by Gasteiger charge is -2.34. The number of sulfonamides is 1. The molecular weight excluding hydrogens is 466 g/mol. The number of ether oxygens (including phenoxy) is 1. The molecule has 2 fully saturated rings. The van der Waals surface area contributed by atoms with Crippen LogP contribution in [0.2, 0.25) is 5.02 Å². The highest BCUT2D eigenvalue weighted by atomic mass is 35.5. The van der Waals surface area contributed by atoms with Crippen LogP contribution in [0.1, 0.15) is 26.7 Å². The Bertz CT molecular complexity index is 900. The predicted octanol–water partition coefficient (Wildman–Crippen LogP) is 0.877. The number of piperazine rings is 1. The molecule has 0 bridgehead atoms. The summed E-state index contributed by atoms with van der Waals surface area (Å²) in [6.07, 6.45) is 1.60. The average Bonchev–Trinajstić information content (AvgIpc) is 3.28. The van der Waals surface area contributed by atoms with Crippen molar-refractivity contribution >= 4 is 27.5 Å². The van der Waals surface area contributed by atoms with Crippen LogP contribution < -0.4 is 21.1 Å². The number of nitrogens with two attached hydrogens (primary N) is 1. The first kappa shape index (κ1) is 26.2. The lowest BCUT2D eigenvalue weighted by Crippen LogP contribution is -2.51. The minimum atomic E-state index is -3.64. The smallest absolute Gasteiger partial charge is 0.243 e. The average molecular weight is 502 g/mol. The standard InChI is InChI=1S/C22H36ClN5O4S/c1-16(2)13-20(24)22(29)26-7-8-27-9-11-28(12-10-27)33(30,31)18-3-4-21(19(23)14-18)32-17-5-6-25-15-17/h3-4,14,16-17,20,25H,5-13,15,24H2,1-2H3,(H,26,29)/t17-,20-/m0/s1. The summed E-state index contributed by atoms with van der Waals surface area (Å²) in [5.74, 6) is 0.728. The molecule has 2 atom stereocenters. The van der Waals surface area contributed by atoms with Crippen LogP contribution in [0, 0.1) is 5.92 Å². The molecule has 2 heterocycles. The number of hydrogen-bond acceptors (Lipinski definition) is 7. The van der Waals surface area contributed by atoms with Gasteiger partial charge in [0, 0.05) is 45.8 Å². The third kappa shape index (κ3) is 7.27. The fraction of sp³-hybridized carbons (Fsp3) is 0.682. The quantitative estimate of drug-likeness (QED) is 0.435. The van der Waals surface area contributed by atoms with Gasteiger partial charge in [0.2, 0.25) is 15.9 Å². The number of carbonyl (C=O) groups is 1. The fourth-order valence-corrected chi connectivity index (χ4v) is 5.81. The van der Waals surface area contributed by atoms with Crippen LogP contribution in [-0.2, 0) is 14.8 Å². The molecule has 0 spiro atoms. The number of benzene rings is 1.